The molecule has 2 aromatic heterocycles. The lowest BCUT2D eigenvalue weighted by atomic mass is 10.2. The number of rotatable bonds is 4. The molecule has 0 amide bonds. The topological polar surface area (TPSA) is 72.2 Å². The number of nitrogens with zero attached hydrogens (tertiary/aromatic N) is 1. The summed E-state index contributed by atoms with van der Waals surface area (Å²) in [5.41, 5.74) is 1.41. The Balaban J connectivity index is 2.19. The summed E-state index contributed by atoms with van der Waals surface area (Å²) in [6, 6.07) is 1.41. The number of halogens is 2. The van der Waals surface area contributed by atoms with Gasteiger partial charge in [-0.25, -0.2) is 13.1 Å². The predicted molar refractivity (Wildman–Crippen MR) is 77.0 cm³/mol. The second-order valence-electron chi connectivity index (χ2n) is 3.81. The maximum absolute atomic E-state index is 12.1. The van der Waals surface area contributed by atoms with Crippen molar-refractivity contribution in [2.75, 3.05) is 0 Å². The molecule has 5 nitrogen and oxygen atoms in total. The molecule has 0 spiro atoms. The van der Waals surface area contributed by atoms with E-state index in [2.05, 4.69) is 25.8 Å². The Hall–Kier alpha value is -0.410. The summed E-state index contributed by atoms with van der Waals surface area (Å²) in [4.78, 5) is 0. The Morgan fingerprint density at radius 2 is 2.21 bits per heavy atom. The molecule has 0 fully saturated rings. The highest BCUT2D eigenvalue weighted by Crippen LogP contribution is 2.34. The van der Waals surface area contributed by atoms with Crippen molar-refractivity contribution in [3.05, 3.63) is 31.9 Å². The van der Waals surface area contributed by atoms with Crippen molar-refractivity contribution in [3.8, 4) is 0 Å². The average molecular weight is 386 g/mol. The van der Waals surface area contributed by atoms with E-state index in [0.717, 1.165) is 16.9 Å². The smallest absolute Gasteiger partial charge is 0.250 e. The third kappa shape index (κ3) is 3.19. The lowest BCUT2D eigenvalue weighted by Gasteiger charge is -2.03. The first-order chi connectivity index (χ1) is 8.81. The van der Waals surface area contributed by atoms with Gasteiger partial charge >= 0.3 is 0 Å². The molecule has 9 heteroatoms. The van der Waals surface area contributed by atoms with E-state index in [1.807, 2.05) is 0 Å². The van der Waals surface area contributed by atoms with Crippen LogP contribution in [0.25, 0.3) is 0 Å². The molecule has 0 saturated carbocycles. The van der Waals surface area contributed by atoms with Crippen molar-refractivity contribution >= 4 is 48.9 Å². The Morgan fingerprint density at radius 3 is 2.68 bits per heavy atom. The minimum atomic E-state index is -3.59. The maximum Gasteiger partial charge on any atom is 0.250 e. The number of hydrogen-bond acceptors (Lipinski definition) is 5. The third-order valence-corrected chi connectivity index (χ3v) is 6.86. The molecule has 0 saturated heterocycles. The number of hydrogen-bond donors (Lipinski definition) is 1. The third-order valence-electron chi connectivity index (χ3n) is 2.51. The highest BCUT2D eigenvalue weighted by Gasteiger charge is 2.20. The van der Waals surface area contributed by atoms with E-state index in [9.17, 15) is 8.42 Å². The van der Waals surface area contributed by atoms with Gasteiger partial charge in [-0.05, 0) is 35.8 Å². The minimum Gasteiger partial charge on any atom is -0.361 e. The Morgan fingerprint density at radius 1 is 1.53 bits per heavy atom. The number of sulfonamides is 1. The zero-order valence-corrected chi connectivity index (χ0v) is 14.0. The Labute approximate surface area is 128 Å². The van der Waals surface area contributed by atoms with Crippen LogP contribution in [0.5, 0.6) is 0 Å². The number of aryl methyl sites for hydroxylation is 2. The van der Waals surface area contributed by atoms with Crippen LogP contribution in [0.1, 0.15) is 17.0 Å². The second kappa shape index (κ2) is 5.53. The Kier molecular flexibility index (Phi) is 4.36. The van der Waals surface area contributed by atoms with Crippen LogP contribution in [0.3, 0.4) is 0 Å². The van der Waals surface area contributed by atoms with Gasteiger partial charge in [-0.1, -0.05) is 16.8 Å². The fraction of sp³-hybridized carbons (Fsp3) is 0.300. The van der Waals surface area contributed by atoms with E-state index < -0.39 is 10.0 Å². The average Bonchev–Trinajstić information content (AvgIpc) is 2.82. The highest BCUT2D eigenvalue weighted by atomic mass is 79.9. The van der Waals surface area contributed by atoms with Crippen molar-refractivity contribution in [1.29, 1.82) is 0 Å². The zero-order valence-electron chi connectivity index (χ0n) is 10.0. The largest absolute Gasteiger partial charge is 0.361 e. The van der Waals surface area contributed by atoms with E-state index in [0.29, 0.717) is 20.3 Å². The molecular weight excluding hydrogens is 376 g/mol. The molecule has 0 unspecified atom stereocenters. The van der Waals surface area contributed by atoms with Crippen LogP contribution in [0.4, 0.5) is 0 Å². The quantitative estimate of drug-likeness (QED) is 0.877. The number of aromatic nitrogens is 1. The van der Waals surface area contributed by atoms with Gasteiger partial charge in [0.15, 0.2) is 0 Å². The molecule has 104 valence electrons. The molecule has 19 heavy (non-hydrogen) atoms. The van der Waals surface area contributed by atoms with Crippen LogP contribution < -0.4 is 4.72 Å². The summed E-state index contributed by atoms with van der Waals surface area (Å²) in [6.45, 7) is 3.64. The van der Waals surface area contributed by atoms with Crippen molar-refractivity contribution in [2.24, 2.45) is 0 Å². The molecule has 2 rings (SSSR count). The monoisotopic (exact) mass is 384 g/mol. The van der Waals surface area contributed by atoms with Crippen molar-refractivity contribution in [3.63, 3.8) is 0 Å². The van der Waals surface area contributed by atoms with Gasteiger partial charge in [-0.2, -0.15) is 0 Å². The molecule has 2 heterocycles. The summed E-state index contributed by atoms with van der Waals surface area (Å²) in [6.07, 6.45) is 0. The molecule has 0 bridgehead atoms. The summed E-state index contributed by atoms with van der Waals surface area (Å²) in [5.74, 6) is 0.602. The van der Waals surface area contributed by atoms with Crippen LogP contribution >= 0.6 is 38.9 Å². The van der Waals surface area contributed by atoms with E-state index in [1.54, 1.807) is 13.8 Å². The molecule has 0 aliphatic heterocycles. The van der Waals surface area contributed by atoms with Gasteiger partial charge in [0.05, 0.1) is 14.5 Å². The summed E-state index contributed by atoms with van der Waals surface area (Å²) in [7, 11) is -3.59. The molecule has 0 atom stereocenters. The lowest BCUT2D eigenvalue weighted by molar-refractivity contribution is 0.392. The van der Waals surface area contributed by atoms with Crippen LogP contribution in [0.15, 0.2) is 18.6 Å². The molecule has 0 aliphatic rings. The van der Waals surface area contributed by atoms with Gasteiger partial charge in [0.1, 0.15) is 9.97 Å². The Bertz CT molecular complexity index is 669. The molecular formula is C10H10BrClN2O3S2. The van der Waals surface area contributed by atoms with Crippen LogP contribution in [-0.2, 0) is 16.6 Å². The van der Waals surface area contributed by atoms with Crippen molar-refractivity contribution in [1.82, 2.24) is 9.88 Å². The number of nitrogens with one attached hydrogen (secondary N) is 1. The van der Waals surface area contributed by atoms with Crippen LogP contribution in [0, 0.1) is 13.8 Å². The molecule has 0 radical (unpaired) electrons. The molecule has 0 aromatic carbocycles. The van der Waals surface area contributed by atoms with E-state index >= 15 is 0 Å². The normalized spacial score (nSPS) is 12.0. The first-order valence-electron chi connectivity index (χ1n) is 5.17. The molecule has 2 aromatic rings. The van der Waals surface area contributed by atoms with Gasteiger partial charge in [0, 0.05) is 12.1 Å². The van der Waals surface area contributed by atoms with E-state index in [-0.39, 0.29) is 10.8 Å². The van der Waals surface area contributed by atoms with Crippen molar-refractivity contribution in [2.45, 2.75) is 24.6 Å². The van der Waals surface area contributed by atoms with Gasteiger partial charge in [-0.3, -0.25) is 0 Å². The van der Waals surface area contributed by atoms with Gasteiger partial charge in [-0.15, -0.1) is 11.3 Å². The summed E-state index contributed by atoms with van der Waals surface area (Å²) >= 11 is 10.1. The lowest BCUT2D eigenvalue weighted by Crippen LogP contribution is -2.22. The first-order valence-corrected chi connectivity index (χ1v) is 8.64. The van der Waals surface area contributed by atoms with E-state index in [1.165, 1.54) is 6.07 Å². The zero-order chi connectivity index (χ0) is 14.2. The SMILES string of the molecule is Cc1noc(C)c1CNS(=O)(=O)c1cc(Cl)c(Br)s1. The minimum absolute atomic E-state index is 0.136. The van der Waals surface area contributed by atoms with Gasteiger partial charge in [0.25, 0.3) is 0 Å². The number of thiophene rings is 1. The van der Waals surface area contributed by atoms with E-state index in [4.69, 9.17) is 16.1 Å². The van der Waals surface area contributed by atoms with Crippen LogP contribution in [0.2, 0.25) is 5.02 Å². The maximum atomic E-state index is 12.1. The summed E-state index contributed by atoms with van der Waals surface area (Å²) < 4.78 is 32.4. The van der Waals surface area contributed by atoms with Crippen molar-refractivity contribution < 1.29 is 12.9 Å². The summed E-state index contributed by atoms with van der Waals surface area (Å²) in [5, 5.41) is 4.15. The predicted octanol–water partition coefficient (Wildman–Crippen LogP) is 3.25. The highest BCUT2D eigenvalue weighted by molar-refractivity contribution is 9.11. The van der Waals surface area contributed by atoms with Gasteiger partial charge < -0.3 is 4.52 Å². The molecule has 0 aliphatic carbocycles. The first kappa shape index (κ1) is 15.0. The van der Waals surface area contributed by atoms with Crippen LogP contribution in [-0.4, -0.2) is 13.6 Å². The fourth-order valence-electron chi connectivity index (χ4n) is 1.45. The fourth-order valence-corrected chi connectivity index (χ4v) is 4.89. The standard InChI is InChI=1S/C10H10BrClN2O3S2/c1-5-7(6(2)17-14-5)4-13-19(15,16)9-3-8(12)10(11)18-9/h3,13H,4H2,1-2H3. The second-order valence-corrected chi connectivity index (χ2v) is 8.59. The molecule has 1 N–H and O–H groups in total. The van der Waals surface area contributed by atoms with Gasteiger partial charge in [0.2, 0.25) is 10.0 Å².